The average Bonchev–Trinajstić information content (AvgIpc) is 3.25. The minimum Gasteiger partial charge on any atom is -0.497 e. The zero-order valence-electron chi connectivity index (χ0n) is 14.2. The summed E-state index contributed by atoms with van der Waals surface area (Å²) in [5.74, 6) is 1.32. The van der Waals surface area contributed by atoms with Crippen molar-refractivity contribution in [2.24, 2.45) is 0 Å². The molecule has 0 spiro atoms. The Morgan fingerprint density at radius 3 is 2.69 bits per heavy atom. The SMILES string of the molecule is COc1ccc2c(c1)c(C(=O)Nc1ccc3c(c1)OCO3)cn2C(C)=O. The van der Waals surface area contributed by atoms with E-state index < -0.39 is 0 Å². The largest absolute Gasteiger partial charge is 0.497 e. The topological polar surface area (TPSA) is 78.8 Å². The van der Waals surface area contributed by atoms with Gasteiger partial charge in [0, 0.05) is 30.3 Å². The fourth-order valence-corrected chi connectivity index (χ4v) is 2.95. The van der Waals surface area contributed by atoms with Crippen molar-refractivity contribution in [1.29, 1.82) is 0 Å². The van der Waals surface area contributed by atoms with Crippen molar-refractivity contribution in [2.75, 3.05) is 19.2 Å². The Bertz CT molecular complexity index is 1040. The number of rotatable bonds is 3. The van der Waals surface area contributed by atoms with E-state index in [1.165, 1.54) is 17.7 Å². The minimum absolute atomic E-state index is 0.165. The number of hydrogen-bond donors (Lipinski definition) is 1. The Hall–Kier alpha value is -3.48. The third-order valence-electron chi connectivity index (χ3n) is 4.23. The Morgan fingerprint density at radius 1 is 1.12 bits per heavy atom. The molecule has 1 amide bonds. The van der Waals surface area contributed by atoms with Crippen LogP contribution < -0.4 is 19.5 Å². The number of anilines is 1. The van der Waals surface area contributed by atoms with Gasteiger partial charge in [-0.2, -0.15) is 0 Å². The standard InChI is InChI=1S/C19H16N2O5/c1-11(22)21-9-15(14-8-13(24-2)4-5-16(14)21)19(23)20-12-3-6-17-18(7-12)26-10-25-17/h3-9H,10H2,1-2H3,(H,20,23). The van der Waals surface area contributed by atoms with E-state index in [2.05, 4.69) is 5.32 Å². The van der Waals surface area contributed by atoms with Gasteiger partial charge in [-0.3, -0.25) is 14.2 Å². The highest BCUT2D eigenvalue weighted by atomic mass is 16.7. The monoisotopic (exact) mass is 352 g/mol. The predicted molar refractivity (Wildman–Crippen MR) is 95.3 cm³/mol. The fraction of sp³-hybridized carbons (Fsp3) is 0.158. The van der Waals surface area contributed by atoms with Gasteiger partial charge in [0.05, 0.1) is 18.2 Å². The molecule has 4 rings (SSSR count). The molecule has 7 heteroatoms. The summed E-state index contributed by atoms with van der Waals surface area (Å²) in [6.45, 7) is 1.61. The first-order valence-corrected chi connectivity index (χ1v) is 7.98. The third kappa shape index (κ3) is 2.63. The molecule has 7 nitrogen and oxygen atoms in total. The molecule has 0 radical (unpaired) electrons. The molecule has 0 saturated heterocycles. The maximum Gasteiger partial charge on any atom is 0.257 e. The Morgan fingerprint density at radius 2 is 1.92 bits per heavy atom. The van der Waals surface area contributed by atoms with Gasteiger partial charge in [-0.15, -0.1) is 0 Å². The molecular weight excluding hydrogens is 336 g/mol. The second-order valence-corrected chi connectivity index (χ2v) is 5.84. The molecule has 0 fully saturated rings. The van der Waals surface area contributed by atoms with Gasteiger partial charge in [0.2, 0.25) is 12.7 Å². The number of nitrogens with zero attached hydrogens (tertiary/aromatic N) is 1. The van der Waals surface area contributed by atoms with Crippen molar-refractivity contribution < 1.29 is 23.8 Å². The van der Waals surface area contributed by atoms with Crippen LogP contribution in [-0.2, 0) is 0 Å². The van der Waals surface area contributed by atoms with Gasteiger partial charge in [0.25, 0.3) is 5.91 Å². The number of benzene rings is 2. The van der Waals surface area contributed by atoms with E-state index in [0.717, 1.165) is 0 Å². The lowest BCUT2D eigenvalue weighted by atomic mass is 10.1. The number of hydrogen-bond acceptors (Lipinski definition) is 5. The molecule has 0 aliphatic carbocycles. The predicted octanol–water partition coefficient (Wildman–Crippen LogP) is 3.29. The average molecular weight is 352 g/mol. The second kappa shape index (κ2) is 6.11. The van der Waals surface area contributed by atoms with Crippen LogP contribution in [-0.4, -0.2) is 30.3 Å². The van der Waals surface area contributed by atoms with Crippen molar-refractivity contribution >= 4 is 28.4 Å². The molecule has 1 aromatic heterocycles. The van der Waals surface area contributed by atoms with Crippen LogP contribution in [0.2, 0.25) is 0 Å². The molecule has 0 saturated carbocycles. The summed E-state index contributed by atoms with van der Waals surface area (Å²) in [6.07, 6.45) is 1.54. The summed E-state index contributed by atoms with van der Waals surface area (Å²) in [4.78, 5) is 24.7. The first kappa shape index (κ1) is 16.0. The minimum atomic E-state index is -0.331. The van der Waals surface area contributed by atoms with Crippen molar-refractivity contribution in [2.45, 2.75) is 6.92 Å². The molecule has 0 unspecified atom stereocenters. The van der Waals surface area contributed by atoms with E-state index in [9.17, 15) is 9.59 Å². The number of amides is 1. The summed E-state index contributed by atoms with van der Waals surface area (Å²) in [5.41, 5.74) is 1.60. The summed E-state index contributed by atoms with van der Waals surface area (Å²) < 4.78 is 17.3. The van der Waals surface area contributed by atoms with Gasteiger partial charge >= 0.3 is 0 Å². The maximum atomic E-state index is 12.8. The summed E-state index contributed by atoms with van der Waals surface area (Å²) >= 11 is 0. The normalized spacial score (nSPS) is 12.2. The lowest BCUT2D eigenvalue weighted by molar-refractivity contribution is 0.0941. The number of carbonyl (C=O) groups is 2. The molecule has 26 heavy (non-hydrogen) atoms. The van der Waals surface area contributed by atoms with E-state index >= 15 is 0 Å². The van der Waals surface area contributed by atoms with Gasteiger partial charge in [0.15, 0.2) is 11.5 Å². The summed E-state index contributed by atoms with van der Waals surface area (Å²) in [5, 5.41) is 3.47. The smallest absolute Gasteiger partial charge is 0.257 e. The molecule has 0 bridgehead atoms. The van der Waals surface area contributed by atoms with Gasteiger partial charge in [-0.05, 0) is 30.3 Å². The van der Waals surface area contributed by atoms with Crippen LogP contribution in [0.3, 0.4) is 0 Å². The van der Waals surface area contributed by atoms with Crippen molar-refractivity contribution in [3.8, 4) is 17.2 Å². The van der Waals surface area contributed by atoms with Crippen LogP contribution in [0.4, 0.5) is 5.69 Å². The van der Waals surface area contributed by atoms with Crippen LogP contribution in [0.5, 0.6) is 17.2 Å². The zero-order chi connectivity index (χ0) is 18.3. The molecule has 1 N–H and O–H groups in total. The molecule has 0 atom stereocenters. The molecule has 1 aliphatic rings. The first-order valence-electron chi connectivity index (χ1n) is 7.98. The van der Waals surface area contributed by atoms with Crippen LogP contribution in [0.25, 0.3) is 10.9 Å². The van der Waals surface area contributed by atoms with E-state index in [-0.39, 0.29) is 18.6 Å². The Labute approximate surface area is 149 Å². The zero-order valence-corrected chi connectivity index (χ0v) is 14.2. The van der Waals surface area contributed by atoms with Crippen LogP contribution in [0.1, 0.15) is 22.1 Å². The highest BCUT2D eigenvalue weighted by Gasteiger charge is 2.19. The highest BCUT2D eigenvalue weighted by Crippen LogP contribution is 2.34. The molecule has 3 aromatic rings. The van der Waals surface area contributed by atoms with E-state index in [0.29, 0.717) is 39.4 Å². The lowest BCUT2D eigenvalue weighted by Crippen LogP contribution is -2.12. The molecular formula is C19H16N2O5. The Balaban J connectivity index is 1.73. The van der Waals surface area contributed by atoms with Crippen molar-refractivity contribution in [1.82, 2.24) is 4.57 Å². The van der Waals surface area contributed by atoms with Crippen LogP contribution in [0.15, 0.2) is 42.6 Å². The fourth-order valence-electron chi connectivity index (χ4n) is 2.95. The highest BCUT2D eigenvalue weighted by molar-refractivity contribution is 6.14. The number of methoxy groups -OCH3 is 1. The van der Waals surface area contributed by atoms with Crippen LogP contribution >= 0.6 is 0 Å². The van der Waals surface area contributed by atoms with E-state index in [1.807, 2.05) is 0 Å². The van der Waals surface area contributed by atoms with Gasteiger partial charge in [-0.25, -0.2) is 0 Å². The van der Waals surface area contributed by atoms with E-state index in [4.69, 9.17) is 14.2 Å². The van der Waals surface area contributed by atoms with Crippen molar-refractivity contribution in [3.05, 3.63) is 48.2 Å². The number of carbonyl (C=O) groups excluding carboxylic acids is 2. The summed E-state index contributed by atoms with van der Waals surface area (Å²) in [6, 6.07) is 10.4. The Kier molecular flexibility index (Phi) is 3.76. The second-order valence-electron chi connectivity index (χ2n) is 5.84. The quantitative estimate of drug-likeness (QED) is 0.782. The maximum absolute atomic E-state index is 12.8. The van der Waals surface area contributed by atoms with Gasteiger partial charge in [0.1, 0.15) is 5.75 Å². The first-order chi connectivity index (χ1) is 12.6. The molecule has 2 aromatic carbocycles. The van der Waals surface area contributed by atoms with Gasteiger partial charge in [-0.1, -0.05) is 0 Å². The molecule has 2 heterocycles. The van der Waals surface area contributed by atoms with Gasteiger partial charge < -0.3 is 19.5 Å². The summed E-state index contributed by atoms with van der Waals surface area (Å²) in [7, 11) is 1.55. The number of ether oxygens (including phenoxy) is 3. The van der Waals surface area contributed by atoms with Crippen LogP contribution in [0, 0.1) is 0 Å². The lowest BCUT2D eigenvalue weighted by Gasteiger charge is -2.06. The molecule has 1 aliphatic heterocycles. The third-order valence-corrected chi connectivity index (χ3v) is 4.23. The van der Waals surface area contributed by atoms with E-state index in [1.54, 1.807) is 43.5 Å². The molecule has 132 valence electrons. The number of fused-ring (bicyclic) bond motifs is 2. The van der Waals surface area contributed by atoms with Crippen molar-refractivity contribution in [3.63, 3.8) is 0 Å². The number of nitrogens with one attached hydrogen (secondary N) is 1. The number of aromatic nitrogens is 1.